The topological polar surface area (TPSA) is 66.6 Å². The minimum absolute atomic E-state index is 0.313. The zero-order valence-electron chi connectivity index (χ0n) is 10.8. The van der Waals surface area contributed by atoms with Gasteiger partial charge in [0.25, 0.3) is 0 Å². The molecule has 0 aliphatic rings. The highest BCUT2D eigenvalue weighted by Crippen LogP contribution is 2.23. The molecule has 1 aromatic rings. The molecule has 4 heteroatoms. The molecule has 17 heavy (non-hydrogen) atoms. The second kappa shape index (κ2) is 5.29. The highest BCUT2D eigenvalue weighted by Gasteiger charge is 2.27. The molecular weight excluding hydrogens is 216 g/mol. The first-order valence-electron chi connectivity index (χ1n) is 5.56. The lowest BCUT2D eigenvalue weighted by Gasteiger charge is -2.28. The summed E-state index contributed by atoms with van der Waals surface area (Å²) in [6.07, 6.45) is 0. The average Bonchev–Trinajstić information content (AvgIpc) is 2.22. The summed E-state index contributed by atoms with van der Waals surface area (Å²) in [6, 6.07) is 4.70. The van der Waals surface area contributed by atoms with Crippen LogP contribution in [0.1, 0.15) is 22.7 Å². The van der Waals surface area contributed by atoms with Crippen LogP contribution in [0.5, 0.6) is 0 Å². The fraction of sp³-hybridized carbons (Fsp3) is 0.462. The fourth-order valence-electron chi connectivity index (χ4n) is 1.91. The molecule has 0 aromatic heterocycles. The molecule has 0 fully saturated rings. The largest absolute Gasteiger partial charge is 0.480 e. The van der Waals surface area contributed by atoms with Crippen LogP contribution in [-0.2, 0) is 4.79 Å². The van der Waals surface area contributed by atoms with E-state index in [1.54, 1.807) is 0 Å². The van der Waals surface area contributed by atoms with Crippen LogP contribution in [-0.4, -0.2) is 36.1 Å². The van der Waals surface area contributed by atoms with Crippen molar-refractivity contribution in [2.24, 2.45) is 5.73 Å². The number of carbonyl (C=O) groups is 1. The summed E-state index contributed by atoms with van der Waals surface area (Å²) in [5, 5.41) is 9.03. The van der Waals surface area contributed by atoms with E-state index in [1.807, 2.05) is 51.0 Å². The summed E-state index contributed by atoms with van der Waals surface area (Å²) < 4.78 is 0. The molecule has 0 aliphatic heterocycles. The molecule has 0 heterocycles. The Morgan fingerprint density at radius 2 is 1.88 bits per heavy atom. The van der Waals surface area contributed by atoms with Gasteiger partial charge in [-0.3, -0.25) is 4.79 Å². The number of aliphatic carboxylic acids is 1. The summed E-state index contributed by atoms with van der Waals surface area (Å²) in [4.78, 5) is 12.9. The molecule has 2 unspecified atom stereocenters. The number of aryl methyl sites for hydroxylation is 2. The number of nitrogens with two attached hydrogens (primary N) is 1. The van der Waals surface area contributed by atoms with Gasteiger partial charge in [0.2, 0.25) is 0 Å². The monoisotopic (exact) mass is 236 g/mol. The number of carboxylic acids is 1. The number of carboxylic acid groups (broad SMARTS) is 1. The SMILES string of the molecule is Cc1ccc(C(C(N)C(=O)O)N(C)C)cc1C. The van der Waals surface area contributed by atoms with Crippen molar-refractivity contribution in [1.82, 2.24) is 4.90 Å². The maximum Gasteiger partial charge on any atom is 0.322 e. The van der Waals surface area contributed by atoms with E-state index >= 15 is 0 Å². The summed E-state index contributed by atoms with van der Waals surface area (Å²) in [5.74, 6) is -0.984. The lowest BCUT2D eigenvalue weighted by molar-refractivity contribution is -0.140. The molecule has 0 bridgehead atoms. The van der Waals surface area contributed by atoms with E-state index in [4.69, 9.17) is 10.8 Å². The maximum atomic E-state index is 11.0. The zero-order valence-corrected chi connectivity index (χ0v) is 10.8. The minimum atomic E-state index is -0.984. The van der Waals surface area contributed by atoms with Gasteiger partial charge in [0.15, 0.2) is 0 Å². The molecule has 3 N–H and O–H groups in total. The number of benzene rings is 1. The van der Waals surface area contributed by atoms with Gasteiger partial charge in [-0.05, 0) is 44.6 Å². The third-order valence-electron chi connectivity index (χ3n) is 3.05. The summed E-state index contributed by atoms with van der Waals surface area (Å²) >= 11 is 0. The predicted octanol–water partition coefficient (Wildman–Crippen LogP) is 1.32. The van der Waals surface area contributed by atoms with Crippen LogP contribution in [0.3, 0.4) is 0 Å². The van der Waals surface area contributed by atoms with Gasteiger partial charge in [0.1, 0.15) is 6.04 Å². The molecule has 0 amide bonds. The van der Waals surface area contributed by atoms with Gasteiger partial charge in [-0.25, -0.2) is 0 Å². The van der Waals surface area contributed by atoms with Crippen molar-refractivity contribution in [2.45, 2.75) is 25.9 Å². The number of nitrogens with zero attached hydrogens (tertiary/aromatic N) is 1. The molecule has 1 aromatic carbocycles. The molecular formula is C13H20N2O2. The van der Waals surface area contributed by atoms with E-state index in [-0.39, 0.29) is 6.04 Å². The Morgan fingerprint density at radius 3 is 2.29 bits per heavy atom. The first kappa shape index (κ1) is 13.7. The van der Waals surface area contributed by atoms with Gasteiger partial charge in [-0.2, -0.15) is 0 Å². The normalized spacial score (nSPS) is 14.7. The fourth-order valence-corrected chi connectivity index (χ4v) is 1.91. The second-order valence-electron chi connectivity index (χ2n) is 4.62. The van der Waals surface area contributed by atoms with Crippen LogP contribution < -0.4 is 5.73 Å². The van der Waals surface area contributed by atoms with Gasteiger partial charge in [-0.1, -0.05) is 18.2 Å². The Labute approximate surface area is 102 Å². The van der Waals surface area contributed by atoms with Crippen LogP contribution in [0.4, 0.5) is 0 Å². The number of likely N-dealkylation sites (N-methyl/N-ethyl adjacent to an activating group) is 1. The van der Waals surface area contributed by atoms with Crippen LogP contribution in [0.25, 0.3) is 0 Å². The predicted molar refractivity (Wildman–Crippen MR) is 68.0 cm³/mol. The Morgan fingerprint density at radius 1 is 1.29 bits per heavy atom. The van der Waals surface area contributed by atoms with Gasteiger partial charge in [0, 0.05) is 0 Å². The van der Waals surface area contributed by atoms with Crippen LogP contribution in [0.2, 0.25) is 0 Å². The summed E-state index contributed by atoms with van der Waals surface area (Å²) in [5.41, 5.74) is 9.01. The van der Waals surface area contributed by atoms with Crippen molar-refractivity contribution in [2.75, 3.05) is 14.1 Å². The summed E-state index contributed by atoms with van der Waals surface area (Å²) in [6.45, 7) is 4.04. The van der Waals surface area contributed by atoms with E-state index in [1.165, 1.54) is 5.56 Å². The first-order valence-corrected chi connectivity index (χ1v) is 5.56. The van der Waals surface area contributed by atoms with Crippen molar-refractivity contribution >= 4 is 5.97 Å². The molecule has 4 nitrogen and oxygen atoms in total. The molecule has 0 saturated carbocycles. The minimum Gasteiger partial charge on any atom is -0.480 e. The highest BCUT2D eigenvalue weighted by atomic mass is 16.4. The second-order valence-corrected chi connectivity index (χ2v) is 4.62. The highest BCUT2D eigenvalue weighted by molar-refractivity contribution is 5.74. The third-order valence-corrected chi connectivity index (χ3v) is 3.05. The Kier molecular flexibility index (Phi) is 4.26. The van der Waals surface area contributed by atoms with Crippen LogP contribution in [0.15, 0.2) is 18.2 Å². The lowest BCUT2D eigenvalue weighted by atomic mass is 9.95. The lowest BCUT2D eigenvalue weighted by Crippen LogP contribution is -2.43. The smallest absolute Gasteiger partial charge is 0.322 e. The Balaban J connectivity index is 3.14. The standard InChI is InChI=1S/C13H20N2O2/c1-8-5-6-10(7-9(8)2)12(15(3)4)11(14)13(16)17/h5-7,11-12H,14H2,1-4H3,(H,16,17). The van der Waals surface area contributed by atoms with E-state index in [9.17, 15) is 4.79 Å². The van der Waals surface area contributed by atoms with Crippen LogP contribution >= 0.6 is 0 Å². The third kappa shape index (κ3) is 3.05. The van der Waals surface area contributed by atoms with Crippen LogP contribution in [0, 0.1) is 13.8 Å². The number of hydrogen-bond donors (Lipinski definition) is 2. The van der Waals surface area contributed by atoms with Crippen molar-refractivity contribution < 1.29 is 9.90 Å². The molecule has 0 radical (unpaired) electrons. The van der Waals surface area contributed by atoms with Gasteiger partial charge in [-0.15, -0.1) is 0 Å². The number of hydrogen-bond acceptors (Lipinski definition) is 3. The van der Waals surface area contributed by atoms with Gasteiger partial charge < -0.3 is 15.7 Å². The van der Waals surface area contributed by atoms with E-state index < -0.39 is 12.0 Å². The average molecular weight is 236 g/mol. The van der Waals surface area contributed by atoms with Crippen molar-refractivity contribution in [3.63, 3.8) is 0 Å². The molecule has 0 saturated heterocycles. The molecule has 0 aliphatic carbocycles. The number of rotatable bonds is 4. The van der Waals surface area contributed by atoms with E-state index in [0.717, 1.165) is 11.1 Å². The van der Waals surface area contributed by atoms with E-state index in [2.05, 4.69) is 0 Å². The maximum absolute atomic E-state index is 11.0. The molecule has 1 rings (SSSR count). The van der Waals surface area contributed by atoms with Crippen molar-refractivity contribution in [3.05, 3.63) is 34.9 Å². The van der Waals surface area contributed by atoms with E-state index in [0.29, 0.717) is 0 Å². The van der Waals surface area contributed by atoms with Gasteiger partial charge >= 0.3 is 5.97 Å². The first-order chi connectivity index (χ1) is 7.84. The quantitative estimate of drug-likeness (QED) is 0.827. The zero-order chi connectivity index (χ0) is 13.2. The molecule has 2 atom stereocenters. The molecule has 94 valence electrons. The summed E-state index contributed by atoms with van der Waals surface area (Å²) in [7, 11) is 3.67. The van der Waals surface area contributed by atoms with Crippen molar-refractivity contribution in [3.8, 4) is 0 Å². The Bertz CT molecular complexity index is 416. The van der Waals surface area contributed by atoms with Gasteiger partial charge in [0.05, 0.1) is 6.04 Å². The Hall–Kier alpha value is -1.39. The molecule has 0 spiro atoms. The van der Waals surface area contributed by atoms with Crippen molar-refractivity contribution in [1.29, 1.82) is 0 Å².